The van der Waals surface area contributed by atoms with Crippen molar-refractivity contribution in [2.75, 3.05) is 25.0 Å². The smallest absolute Gasteiger partial charge is 0.272 e. The maximum absolute atomic E-state index is 12.2. The van der Waals surface area contributed by atoms with E-state index in [2.05, 4.69) is 10.3 Å². The molecule has 0 saturated carbocycles. The highest BCUT2D eigenvalue weighted by Crippen LogP contribution is 2.19. The minimum absolute atomic E-state index is 0.00524. The molecule has 8 heteroatoms. The quantitative estimate of drug-likeness (QED) is 0.737. The van der Waals surface area contributed by atoms with Crippen LogP contribution in [0.1, 0.15) is 12.8 Å². The first kappa shape index (κ1) is 13.8. The van der Waals surface area contributed by atoms with Crippen LogP contribution in [0.25, 0.3) is 0 Å². The van der Waals surface area contributed by atoms with Gasteiger partial charge in [-0.1, -0.05) is 0 Å². The number of aromatic nitrogens is 1. The van der Waals surface area contributed by atoms with Crippen molar-refractivity contribution in [3.63, 3.8) is 0 Å². The minimum Gasteiger partial charge on any atom is -0.366 e. The zero-order chi connectivity index (χ0) is 13.9. The lowest BCUT2D eigenvalue weighted by Crippen LogP contribution is -2.29. The molecule has 1 aromatic rings. The summed E-state index contributed by atoms with van der Waals surface area (Å²) in [5.74, 6) is 0.0568. The first-order valence-corrected chi connectivity index (χ1v) is 7.48. The van der Waals surface area contributed by atoms with Gasteiger partial charge in [0.25, 0.3) is 11.7 Å². The molecule has 0 bridgehead atoms. The van der Waals surface area contributed by atoms with Crippen LogP contribution in [0.2, 0.25) is 0 Å². The summed E-state index contributed by atoms with van der Waals surface area (Å²) in [6.45, 7) is 1.14. The van der Waals surface area contributed by atoms with E-state index < -0.39 is 15.9 Å². The van der Waals surface area contributed by atoms with Gasteiger partial charge in [-0.3, -0.25) is 10.1 Å². The van der Waals surface area contributed by atoms with Crippen molar-refractivity contribution in [2.45, 2.75) is 17.7 Å². The average Bonchev–Trinajstić information content (AvgIpc) is 2.91. The number of nitrogens with two attached hydrogens (primary N) is 1. The number of carbonyl (C=O) groups is 1. The third-order valence-electron chi connectivity index (χ3n) is 2.94. The lowest BCUT2D eigenvalue weighted by molar-refractivity contribution is -0.364. The standard InChI is InChI=1S/C11H16N4O3S/c12-10(16)8-14-11-4-3-9(7-13-11)19(17,18)15-5-1-2-6-15/h3-4,7H,1-2,5-6,8H2,(H2,12,16)(H,13,14)/p+1. The molecule has 2 rings (SSSR count). The average molecular weight is 285 g/mol. The van der Waals surface area contributed by atoms with Crippen LogP contribution in [0.4, 0.5) is 5.82 Å². The largest absolute Gasteiger partial charge is 0.366 e. The zero-order valence-electron chi connectivity index (χ0n) is 10.4. The van der Waals surface area contributed by atoms with Crippen LogP contribution in [0.15, 0.2) is 23.2 Å². The number of nitrogens with one attached hydrogen (secondary N) is 2. The molecular formula is C11H17N4O3S+. The minimum atomic E-state index is -3.40. The fourth-order valence-electron chi connectivity index (χ4n) is 1.94. The summed E-state index contributed by atoms with van der Waals surface area (Å²) in [4.78, 5) is 13.6. The van der Waals surface area contributed by atoms with Crippen molar-refractivity contribution < 1.29 is 18.2 Å². The topological polar surface area (TPSA) is 107 Å². The summed E-state index contributed by atoms with van der Waals surface area (Å²) in [6.07, 6.45) is 3.22. The van der Waals surface area contributed by atoms with Crippen LogP contribution in [-0.4, -0.2) is 38.3 Å². The van der Waals surface area contributed by atoms with E-state index in [0.717, 1.165) is 12.8 Å². The number of nitrogens with zero attached hydrogens (tertiary/aromatic N) is 1. The fourth-order valence-corrected chi connectivity index (χ4v) is 3.43. The summed E-state index contributed by atoms with van der Waals surface area (Å²) in [5.41, 5.74) is 5.00. The van der Waals surface area contributed by atoms with Gasteiger partial charge in [0.1, 0.15) is 11.1 Å². The monoisotopic (exact) mass is 285 g/mol. The van der Waals surface area contributed by atoms with Crippen LogP contribution in [0.5, 0.6) is 0 Å². The zero-order valence-corrected chi connectivity index (χ0v) is 11.2. The highest BCUT2D eigenvalue weighted by atomic mass is 32.2. The molecule has 0 atom stereocenters. The number of carbonyl (C=O) groups excluding carboxylic acids is 1. The van der Waals surface area contributed by atoms with Gasteiger partial charge in [-0.2, -0.15) is 4.31 Å². The third kappa shape index (κ3) is 3.21. The lowest BCUT2D eigenvalue weighted by Gasteiger charge is -2.14. The van der Waals surface area contributed by atoms with E-state index in [-0.39, 0.29) is 11.4 Å². The number of aromatic amines is 1. The SMILES string of the molecule is NC(=O)CNc1ccc(S(=O)(=O)N2CCCC2)c[nH+]1. The Hall–Kier alpha value is -1.67. The first-order chi connectivity index (χ1) is 9.00. The number of sulfonamides is 1. The van der Waals surface area contributed by atoms with Crippen molar-refractivity contribution in [1.82, 2.24) is 4.31 Å². The van der Waals surface area contributed by atoms with Gasteiger partial charge >= 0.3 is 0 Å². The molecule has 19 heavy (non-hydrogen) atoms. The molecule has 2 heterocycles. The maximum atomic E-state index is 12.2. The van der Waals surface area contributed by atoms with Crippen molar-refractivity contribution in [2.24, 2.45) is 5.73 Å². The highest BCUT2D eigenvalue weighted by Gasteiger charge is 2.27. The Kier molecular flexibility index (Phi) is 4.01. The van der Waals surface area contributed by atoms with Crippen molar-refractivity contribution in [1.29, 1.82) is 0 Å². The normalized spacial score (nSPS) is 16.4. The summed E-state index contributed by atoms with van der Waals surface area (Å²) >= 11 is 0. The molecule has 0 unspecified atom stereocenters. The third-order valence-corrected chi connectivity index (χ3v) is 4.83. The summed E-state index contributed by atoms with van der Waals surface area (Å²) in [5, 5.41) is 2.75. The molecule has 4 N–H and O–H groups in total. The molecule has 0 aromatic carbocycles. The van der Waals surface area contributed by atoms with Crippen LogP contribution in [-0.2, 0) is 14.8 Å². The second-order valence-electron chi connectivity index (χ2n) is 4.37. The molecule has 1 saturated heterocycles. The van der Waals surface area contributed by atoms with Gasteiger partial charge in [-0.05, 0) is 18.9 Å². The number of H-pyrrole nitrogens is 1. The number of rotatable bonds is 5. The van der Waals surface area contributed by atoms with Gasteiger partial charge in [0.15, 0.2) is 6.54 Å². The molecule has 1 aliphatic heterocycles. The Labute approximate surface area is 111 Å². The number of hydrogen-bond donors (Lipinski definition) is 2. The molecule has 7 nitrogen and oxygen atoms in total. The van der Waals surface area contributed by atoms with Crippen molar-refractivity contribution >= 4 is 21.7 Å². The van der Waals surface area contributed by atoms with Crippen LogP contribution in [0.3, 0.4) is 0 Å². The van der Waals surface area contributed by atoms with Gasteiger partial charge in [0, 0.05) is 19.2 Å². The Balaban J connectivity index is 2.11. The van der Waals surface area contributed by atoms with E-state index in [1.54, 1.807) is 6.07 Å². The molecule has 0 aliphatic carbocycles. The first-order valence-electron chi connectivity index (χ1n) is 6.04. The number of amides is 1. The lowest BCUT2D eigenvalue weighted by atomic mass is 10.4. The summed E-state index contributed by atoms with van der Waals surface area (Å²) in [7, 11) is -3.40. The van der Waals surface area contributed by atoms with E-state index in [9.17, 15) is 13.2 Å². The Morgan fingerprint density at radius 2 is 2.05 bits per heavy atom. The van der Waals surface area contributed by atoms with Gasteiger partial charge in [0.2, 0.25) is 10.0 Å². The van der Waals surface area contributed by atoms with Gasteiger partial charge in [-0.25, -0.2) is 13.4 Å². The molecule has 1 amide bonds. The Morgan fingerprint density at radius 3 is 2.58 bits per heavy atom. The molecule has 1 fully saturated rings. The Bertz CT molecular complexity index is 550. The second-order valence-corrected chi connectivity index (χ2v) is 6.31. The summed E-state index contributed by atoms with van der Waals surface area (Å²) in [6, 6.07) is 3.08. The van der Waals surface area contributed by atoms with Crippen LogP contribution in [0, 0.1) is 0 Å². The summed E-state index contributed by atoms with van der Waals surface area (Å²) < 4.78 is 25.9. The van der Waals surface area contributed by atoms with E-state index >= 15 is 0 Å². The van der Waals surface area contributed by atoms with E-state index in [0.29, 0.717) is 18.9 Å². The fraction of sp³-hybridized carbons (Fsp3) is 0.455. The Morgan fingerprint density at radius 1 is 1.37 bits per heavy atom. The molecule has 1 aromatic heterocycles. The van der Waals surface area contributed by atoms with Crippen LogP contribution >= 0.6 is 0 Å². The number of pyridine rings is 1. The van der Waals surface area contributed by atoms with Crippen molar-refractivity contribution in [3.8, 4) is 0 Å². The van der Waals surface area contributed by atoms with E-state index in [4.69, 9.17) is 5.73 Å². The van der Waals surface area contributed by atoms with Crippen molar-refractivity contribution in [3.05, 3.63) is 18.3 Å². The van der Waals surface area contributed by atoms with Gasteiger partial charge in [0.05, 0.1) is 0 Å². The highest BCUT2D eigenvalue weighted by molar-refractivity contribution is 7.89. The molecule has 104 valence electrons. The van der Waals surface area contributed by atoms with E-state index in [1.807, 2.05) is 0 Å². The molecule has 0 spiro atoms. The van der Waals surface area contributed by atoms with Gasteiger partial charge in [-0.15, -0.1) is 0 Å². The molecular weight excluding hydrogens is 268 g/mol. The maximum Gasteiger partial charge on any atom is 0.272 e. The predicted octanol–water partition coefficient (Wildman–Crippen LogP) is -0.818. The molecule has 1 aliphatic rings. The number of anilines is 1. The van der Waals surface area contributed by atoms with E-state index in [1.165, 1.54) is 16.6 Å². The van der Waals surface area contributed by atoms with Gasteiger partial charge < -0.3 is 5.73 Å². The number of primary amides is 1. The predicted molar refractivity (Wildman–Crippen MR) is 68.7 cm³/mol. The molecule has 0 radical (unpaired) electrons. The number of hydrogen-bond acceptors (Lipinski definition) is 4. The second kappa shape index (κ2) is 5.54. The van der Waals surface area contributed by atoms with Crippen LogP contribution < -0.4 is 16.0 Å².